The van der Waals surface area contributed by atoms with Crippen LogP contribution in [-0.2, 0) is 0 Å². The highest BCUT2D eigenvalue weighted by Crippen LogP contribution is 2.45. The maximum atomic E-state index is 4.09. The van der Waals surface area contributed by atoms with Crippen LogP contribution >= 0.6 is 0 Å². The third-order valence-electron chi connectivity index (χ3n) is 20.5. The Labute approximate surface area is 582 Å². The Morgan fingerprint density at radius 3 is 0.531 bits per heavy atom. The van der Waals surface area contributed by atoms with Crippen molar-refractivity contribution in [2.24, 2.45) is 0 Å². The highest BCUT2D eigenvalue weighted by atomic mass is 28.3. The molecule has 0 N–H and O–H groups in total. The van der Waals surface area contributed by atoms with Crippen LogP contribution in [0.5, 0.6) is 0 Å². The molecule has 0 spiro atoms. The molecule has 0 saturated heterocycles. The number of fused-ring (bicyclic) bond motifs is 8. The fourth-order valence-electron chi connectivity index (χ4n) is 15.5. The SMILES string of the molecule is CC(C)[Si](C#Cc1c2cc3ccccc3cc2c(C#Cc2ccc(C#CC#Cc3ccc(C#CC#Cc4ccc(C#Cc5c6cc7ccccc7cc6c(C#C[Si](C(C)C)(C(C)C)C(C)C)c6cc7ccccc7cc56)cc4)cc3)cc2)c2cc3ccccc3cc12)(C(C)C)C(C)C. The number of hydrogen-bond donors (Lipinski definition) is 0. The van der Waals surface area contributed by atoms with Crippen LogP contribution in [0.15, 0.2) is 218 Å². The minimum atomic E-state index is -2.06. The third kappa shape index (κ3) is 12.9. The van der Waals surface area contributed by atoms with Crippen molar-refractivity contribution in [1.29, 1.82) is 0 Å². The molecular formula is C96H78Si2. The molecule has 0 aliphatic heterocycles. The summed E-state index contributed by atoms with van der Waals surface area (Å²) in [5.41, 5.74) is 20.8. The lowest BCUT2D eigenvalue weighted by Crippen LogP contribution is -2.43. The summed E-state index contributed by atoms with van der Waals surface area (Å²) >= 11 is 0. The average Bonchev–Trinajstić information content (AvgIpc) is 0.737. The Balaban J connectivity index is 0.722. The minimum Gasteiger partial charge on any atom is -0.125 e. The van der Waals surface area contributed by atoms with Gasteiger partial charge in [-0.2, -0.15) is 0 Å². The summed E-state index contributed by atoms with van der Waals surface area (Å²) in [4.78, 5) is 0. The fourth-order valence-corrected chi connectivity index (χ4v) is 26.0. The molecule has 0 saturated carbocycles. The summed E-state index contributed by atoms with van der Waals surface area (Å²) in [6.45, 7) is 28.6. The first-order chi connectivity index (χ1) is 47.5. The number of benzene rings is 13. The van der Waals surface area contributed by atoms with Crippen LogP contribution in [-0.4, -0.2) is 16.1 Å². The van der Waals surface area contributed by atoms with Crippen LogP contribution in [0.3, 0.4) is 0 Å². The molecule has 13 aromatic rings. The van der Waals surface area contributed by atoms with Crippen molar-refractivity contribution in [2.45, 2.75) is 116 Å². The number of rotatable bonds is 6. The van der Waals surface area contributed by atoms with E-state index in [1.807, 2.05) is 72.8 Å². The van der Waals surface area contributed by atoms with E-state index in [-0.39, 0.29) is 0 Å². The first kappa shape index (κ1) is 65.5. The topological polar surface area (TPSA) is 0 Å². The van der Waals surface area contributed by atoms with Gasteiger partial charge in [0.1, 0.15) is 16.1 Å². The van der Waals surface area contributed by atoms with E-state index in [1.165, 1.54) is 43.1 Å². The van der Waals surface area contributed by atoms with Crippen LogP contribution in [0.2, 0.25) is 33.2 Å². The van der Waals surface area contributed by atoms with Crippen LogP contribution in [0.25, 0.3) is 86.2 Å². The van der Waals surface area contributed by atoms with Crippen molar-refractivity contribution in [3.05, 3.63) is 274 Å². The summed E-state index contributed by atoms with van der Waals surface area (Å²) in [5.74, 6) is 47.5. The van der Waals surface area contributed by atoms with E-state index in [2.05, 4.69) is 323 Å². The molecule has 0 bridgehead atoms. The third-order valence-corrected chi connectivity index (χ3v) is 33.1. The monoisotopic (exact) mass is 1290 g/mol. The number of hydrogen-bond acceptors (Lipinski definition) is 0. The van der Waals surface area contributed by atoms with Gasteiger partial charge >= 0.3 is 0 Å². The first-order valence-corrected chi connectivity index (χ1v) is 39.0. The van der Waals surface area contributed by atoms with Crippen LogP contribution < -0.4 is 0 Å². The molecular weight excluding hydrogens is 1210 g/mol. The predicted octanol–water partition coefficient (Wildman–Crippen LogP) is 23.7. The molecule has 0 amide bonds. The van der Waals surface area contributed by atoms with Crippen LogP contribution in [0, 0.1) is 94.0 Å². The van der Waals surface area contributed by atoms with Crippen LogP contribution in [0.4, 0.5) is 0 Å². The maximum Gasteiger partial charge on any atom is 0.146 e. The zero-order valence-corrected chi connectivity index (χ0v) is 60.2. The van der Waals surface area contributed by atoms with Crippen molar-refractivity contribution >= 4 is 102 Å². The Hall–Kier alpha value is -11.1. The van der Waals surface area contributed by atoms with Crippen molar-refractivity contribution in [1.82, 2.24) is 0 Å². The normalized spacial score (nSPS) is 11.4. The van der Waals surface area contributed by atoms with Gasteiger partial charge in [-0.3, -0.25) is 0 Å². The Morgan fingerprint density at radius 2 is 0.357 bits per heavy atom. The van der Waals surface area contributed by atoms with E-state index in [0.29, 0.717) is 33.2 Å². The second kappa shape index (κ2) is 27.9. The fraction of sp³-hybridized carbons (Fsp3) is 0.188. The molecule has 0 nitrogen and oxygen atoms in total. The van der Waals surface area contributed by atoms with E-state index in [1.54, 1.807) is 0 Å². The van der Waals surface area contributed by atoms with Crippen molar-refractivity contribution in [3.8, 4) is 94.0 Å². The summed E-state index contributed by atoms with van der Waals surface area (Å²) in [7, 11) is -4.12. The van der Waals surface area contributed by atoms with Gasteiger partial charge in [-0.15, -0.1) is 11.1 Å². The van der Waals surface area contributed by atoms with Gasteiger partial charge < -0.3 is 0 Å². The molecule has 0 aromatic heterocycles. The zero-order valence-electron chi connectivity index (χ0n) is 58.2. The van der Waals surface area contributed by atoms with Gasteiger partial charge in [-0.05, 0) is 264 Å². The quantitative estimate of drug-likeness (QED) is 0.0884. The molecule has 2 heteroatoms. The predicted molar refractivity (Wildman–Crippen MR) is 428 cm³/mol. The van der Waals surface area contributed by atoms with E-state index in [0.717, 1.165) is 98.7 Å². The Morgan fingerprint density at radius 1 is 0.194 bits per heavy atom. The van der Waals surface area contributed by atoms with Gasteiger partial charge in [-0.1, -0.05) is 239 Å². The van der Waals surface area contributed by atoms with Gasteiger partial charge in [0.25, 0.3) is 0 Å². The van der Waals surface area contributed by atoms with Crippen LogP contribution in [0.1, 0.15) is 139 Å². The molecule has 0 fully saturated rings. The lowest BCUT2D eigenvalue weighted by atomic mass is 9.89. The minimum absolute atomic E-state index is 0.520. The highest BCUT2D eigenvalue weighted by Gasteiger charge is 2.43. The van der Waals surface area contributed by atoms with Crippen molar-refractivity contribution in [3.63, 3.8) is 0 Å². The van der Waals surface area contributed by atoms with E-state index >= 15 is 0 Å². The zero-order chi connectivity index (χ0) is 68.2. The second-order valence-corrected chi connectivity index (χ2v) is 39.2. The van der Waals surface area contributed by atoms with E-state index in [9.17, 15) is 0 Å². The molecule has 98 heavy (non-hydrogen) atoms. The van der Waals surface area contributed by atoms with Gasteiger partial charge in [-0.25, -0.2) is 0 Å². The lowest BCUT2D eigenvalue weighted by Gasteiger charge is -2.38. The molecule has 0 radical (unpaired) electrons. The standard InChI is InChI=1S/C96H78Si2/c1-65(2)97(66(3)4,67(5)6)55-53-87-93-61-81-33-21-17-29-77(81)57-89(93)85(90-58-78-30-18-22-34-82(78)62-94(87)90)51-49-75-45-41-73(42-46-75)27-15-13-25-71-37-39-72(40-38-71)26-14-16-28-74-43-47-76(48-44-74)50-52-86-91-59-79-31-19-23-35-83(79)63-95(91)88(54-56-98(68(7)8,69(9)10)70(11)12)96-64-84-36-24-20-32-80(84)60-92(86)96/h17-24,29-48,57-70H,1-12H3. The molecule has 13 aromatic carbocycles. The Bertz CT molecular complexity index is 5310. The average molecular weight is 1290 g/mol. The van der Waals surface area contributed by atoms with Crippen molar-refractivity contribution in [2.75, 3.05) is 0 Å². The maximum absolute atomic E-state index is 4.09. The molecule has 0 atom stereocenters. The Kier molecular flexibility index (Phi) is 18.6. The molecule has 0 aliphatic carbocycles. The molecule has 0 heterocycles. The molecule has 470 valence electrons. The highest BCUT2D eigenvalue weighted by molar-refractivity contribution is 6.91. The molecule has 13 rings (SSSR count). The molecule has 0 unspecified atom stereocenters. The molecule has 0 aliphatic rings. The largest absolute Gasteiger partial charge is 0.146 e. The van der Waals surface area contributed by atoms with Gasteiger partial charge in [0.05, 0.1) is 0 Å². The van der Waals surface area contributed by atoms with Gasteiger partial charge in [0, 0.05) is 55.6 Å². The summed E-state index contributed by atoms with van der Waals surface area (Å²) in [6.07, 6.45) is 0. The smallest absolute Gasteiger partial charge is 0.125 e. The van der Waals surface area contributed by atoms with Gasteiger partial charge in [0.15, 0.2) is 0 Å². The summed E-state index contributed by atoms with van der Waals surface area (Å²) in [5, 5.41) is 18.6. The first-order valence-electron chi connectivity index (χ1n) is 34.6. The summed E-state index contributed by atoms with van der Waals surface area (Å²) < 4.78 is 0. The summed E-state index contributed by atoms with van der Waals surface area (Å²) in [6, 6.07) is 77.3. The van der Waals surface area contributed by atoms with Crippen molar-refractivity contribution < 1.29 is 0 Å². The second-order valence-electron chi connectivity index (χ2n) is 28.0. The van der Waals surface area contributed by atoms with E-state index in [4.69, 9.17) is 0 Å². The van der Waals surface area contributed by atoms with Gasteiger partial charge in [0.2, 0.25) is 0 Å². The van der Waals surface area contributed by atoms with E-state index < -0.39 is 16.1 Å². The lowest BCUT2D eigenvalue weighted by molar-refractivity contribution is 0.838.